The summed E-state index contributed by atoms with van der Waals surface area (Å²) in [6.07, 6.45) is -2.14. The SMILES string of the molecule is CC(C1CC1)N(C)c1ccc(CO)c(C(F)(F)F)c1. The summed E-state index contributed by atoms with van der Waals surface area (Å²) in [4.78, 5) is 1.88. The lowest BCUT2D eigenvalue weighted by Crippen LogP contribution is -2.30. The molecule has 0 heterocycles. The van der Waals surface area contributed by atoms with Gasteiger partial charge in [-0.3, -0.25) is 0 Å². The lowest BCUT2D eigenvalue weighted by molar-refractivity contribution is -0.138. The molecule has 106 valence electrons. The van der Waals surface area contributed by atoms with Gasteiger partial charge in [0.1, 0.15) is 0 Å². The Labute approximate surface area is 110 Å². The van der Waals surface area contributed by atoms with Crippen molar-refractivity contribution in [1.82, 2.24) is 0 Å². The Bertz CT molecular complexity index is 454. The minimum absolute atomic E-state index is 0.0799. The molecule has 0 radical (unpaired) electrons. The fourth-order valence-corrected chi connectivity index (χ4v) is 2.32. The van der Waals surface area contributed by atoms with Gasteiger partial charge in [-0.15, -0.1) is 0 Å². The summed E-state index contributed by atoms with van der Waals surface area (Å²) < 4.78 is 38.8. The van der Waals surface area contributed by atoms with Gasteiger partial charge in [-0.05, 0) is 43.4 Å². The van der Waals surface area contributed by atoms with Crippen molar-refractivity contribution in [2.75, 3.05) is 11.9 Å². The van der Waals surface area contributed by atoms with Crippen molar-refractivity contribution in [3.63, 3.8) is 0 Å². The molecule has 2 nitrogen and oxygen atoms in total. The molecule has 1 aliphatic rings. The maximum atomic E-state index is 12.9. The maximum absolute atomic E-state index is 12.9. The molecule has 0 saturated heterocycles. The summed E-state index contributed by atoms with van der Waals surface area (Å²) in [5.74, 6) is 0.580. The molecular weight excluding hydrogens is 255 g/mol. The van der Waals surface area contributed by atoms with Crippen LogP contribution in [0.5, 0.6) is 0 Å². The first-order valence-corrected chi connectivity index (χ1v) is 6.38. The Morgan fingerprint density at radius 1 is 1.37 bits per heavy atom. The van der Waals surface area contributed by atoms with Crippen molar-refractivity contribution in [2.45, 2.75) is 38.6 Å². The predicted molar refractivity (Wildman–Crippen MR) is 68.0 cm³/mol. The molecule has 0 aliphatic heterocycles. The molecule has 2 rings (SSSR count). The Morgan fingerprint density at radius 3 is 2.47 bits per heavy atom. The molecule has 0 bridgehead atoms. The standard InChI is InChI=1S/C14H18F3NO/c1-9(10-3-4-10)18(2)12-6-5-11(8-19)13(7-12)14(15,16)17/h5-7,9-10,19H,3-4,8H2,1-2H3. The zero-order valence-electron chi connectivity index (χ0n) is 11.0. The van der Waals surface area contributed by atoms with E-state index < -0.39 is 18.3 Å². The molecule has 1 aromatic rings. The van der Waals surface area contributed by atoms with Gasteiger partial charge in [0.2, 0.25) is 0 Å². The van der Waals surface area contributed by atoms with Crippen LogP contribution < -0.4 is 4.90 Å². The van der Waals surface area contributed by atoms with Gasteiger partial charge in [-0.1, -0.05) is 6.07 Å². The van der Waals surface area contributed by atoms with Crippen LogP contribution in [0.2, 0.25) is 0 Å². The highest BCUT2D eigenvalue weighted by atomic mass is 19.4. The van der Waals surface area contributed by atoms with Crippen molar-refractivity contribution in [1.29, 1.82) is 0 Å². The Balaban J connectivity index is 2.31. The second-order valence-corrected chi connectivity index (χ2v) is 5.19. The van der Waals surface area contributed by atoms with Crippen LogP contribution in [0.25, 0.3) is 0 Å². The zero-order chi connectivity index (χ0) is 14.2. The van der Waals surface area contributed by atoms with E-state index in [4.69, 9.17) is 5.11 Å². The first-order valence-electron chi connectivity index (χ1n) is 6.38. The van der Waals surface area contributed by atoms with E-state index in [0.29, 0.717) is 11.6 Å². The molecule has 19 heavy (non-hydrogen) atoms. The van der Waals surface area contributed by atoms with Crippen LogP contribution >= 0.6 is 0 Å². The lowest BCUT2D eigenvalue weighted by Gasteiger charge is -2.28. The predicted octanol–water partition coefficient (Wildman–Crippen LogP) is 3.43. The van der Waals surface area contributed by atoms with Gasteiger partial charge in [-0.2, -0.15) is 13.2 Å². The van der Waals surface area contributed by atoms with E-state index >= 15 is 0 Å². The molecule has 1 unspecified atom stereocenters. The number of alkyl halides is 3. The fraction of sp³-hybridized carbons (Fsp3) is 0.571. The van der Waals surface area contributed by atoms with Gasteiger partial charge in [0.05, 0.1) is 12.2 Å². The number of hydrogen-bond donors (Lipinski definition) is 1. The molecule has 1 atom stereocenters. The highest BCUT2D eigenvalue weighted by Gasteiger charge is 2.35. The molecule has 1 aliphatic carbocycles. The summed E-state index contributed by atoms with van der Waals surface area (Å²) in [6.45, 7) is 1.43. The first kappa shape index (κ1) is 14.2. The molecule has 1 N–H and O–H groups in total. The van der Waals surface area contributed by atoms with Gasteiger partial charge in [0.25, 0.3) is 0 Å². The van der Waals surface area contributed by atoms with Crippen LogP contribution in [-0.2, 0) is 12.8 Å². The number of aliphatic hydroxyl groups is 1. The number of benzene rings is 1. The van der Waals surface area contributed by atoms with E-state index in [9.17, 15) is 13.2 Å². The largest absolute Gasteiger partial charge is 0.416 e. The smallest absolute Gasteiger partial charge is 0.392 e. The molecule has 0 amide bonds. The van der Waals surface area contributed by atoms with E-state index in [0.717, 1.165) is 18.9 Å². The summed E-state index contributed by atoms with van der Waals surface area (Å²) in [6, 6.07) is 4.36. The average Bonchev–Trinajstić information content (AvgIpc) is 3.19. The van der Waals surface area contributed by atoms with Crippen molar-refractivity contribution >= 4 is 5.69 Å². The van der Waals surface area contributed by atoms with Crippen LogP contribution in [0.1, 0.15) is 30.9 Å². The highest BCUT2D eigenvalue weighted by Crippen LogP contribution is 2.38. The van der Waals surface area contributed by atoms with Gasteiger partial charge in [-0.25, -0.2) is 0 Å². The minimum atomic E-state index is -4.43. The number of hydrogen-bond acceptors (Lipinski definition) is 2. The van der Waals surface area contributed by atoms with Crippen LogP contribution in [0, 0.1) is 5.92 Å². The second kappa shape index (κ2) is 5.04. The third-order valence-electron chi connectivity index (χ3n) is 3.89. The van der Waals surface area contributed by atoms with E-state index in [1.54, 1.807) is 6.07 Å². The highest BCUT2D eigenvalue weighted by molar-refractivity contribution is 5.52. The third kappa shape index (κ3) is 3.03. The summed E-state index contributed by atoms with van der Waals surface area (Å²) in [7, 11) is 1.82. The van der Waals surface area contributed by atoms with Crippen LogP contribution in [0.3, 0.4) is 0 Å². The number of halogens is 3. The molecule has 0 spiro atoms. The molecule has 1 aromatic carbocycles. The molecular formula is C14H18F3NO. The third-order valence-corrected chi connectivity index (χ3v) is 3.89. The lowest BCUT2D eigenvalue weighted by atomic mass is 10.0. The first-order chi connectivity index (χ1) is 8.84. The number of nitrogens with zero attached hydrogens (tertiary/aromatic N) is 1. The monoisotopic (exact) mass is 273 g/mol. The van der Waals surface area contributed by atoms with Crippen molar-refractivity contribution in [2.24, 2.45) is 5.92 Å². The van der Waals surface area contributed by atoms with E-state index in [-0.39, 0.29) is 11.6 Å². The maximum Gasteiger partial charge on any atom is 0.416 e. The van der Waals surface area contributed by atoms with Gasteiger partial charge in [0.15, 0.2) is 0 Å². The van der Waals surface area contributed by atoms with E-state index in [1.165, 1.54) is 6.07 Å². The van der Waals surface area contributed by atoms with Crippen molar-refractivity contribution in [3.8, 4) is 0 Å². The minimum Gasteiger partial charge on any atom is -0.392 e. The Hall–Kier alpha value is -1.23. The Kier molecular flexibility index (Phi) is 3.76. The zero-order valence-corrected chi connectivity index (χ0v) is 11.0. The molecule has 1 saturated carbocycles. The summed E-state index contributed by atoms with van der Waals surface area (Å²) >= 11 is 0. The number of rotatable bonds is 4. The summed E-state index contributed by atoms with van der Waals surface area (Å²) in [5, 5.41) is 9.01. The van der Waals surface area contributed by atoms with Crippen molar-refractivity contribution in [3.05, 3.63) is 29.3 Å². The fourth-order valence-electron chi connectivity index (χ4n) is 2.32. The van der Waals surface area contributed by atoms with Gasteiger partial charge >= 0.3 is 6.18 Å². The van der Waals surface area contributed by atoms with Crippen LogP contribution in [0.15, 0.2) is 18.2 Å². The molecule has 1 fully saturated rings. The second-order valence-electron chi connectivity index (χ2n) is 5.19. The number of anilines is 1. The van der Waals surface area contributed by atoms with Crippen LogP contribution in [-0.4, -0.2) is 18.2 Å². The Morgan fingerprint density at radius 2 is 2.00 bits per heavy atom. The van der Waals surface area contributed by atoms with Gasteiger partial charge in [0, 0.05) is 18.8 Å². The quantitative estimate of drug-likeness (QED) is 0.908. The van der Waals surface area contributed by atoms with E-state index in [2.05, 4.69) is 0 Å². The van der Waals surface area contributed by atoms with Gasteiger partial charge < -0.3 is 10.0 Å². The van der Waals surface area contributed by atoms with Crippen molar-refractivity contribution < 1.29 is 18.3 Å². The topological polar surface area (TPSA) is 23.5 Å². The molecule has 0 aromatic heterocycles. The normalized spacial score (nSPS) is 17.4. The van der Waals surface area contributed by atoms with Crippen LogP contribution in [0.4, 0.5) is 18.9 Å². The average molecular weight is 273 g/mol. The molecule has 5 heteroatoms. The van der Waals surface area contributed by atoms with E-state index in [1.807, 2.05) is 18.9 Å². The number of aliphatic hydroxyl groups excluding tert-OH is 1. The summed E-state index contributed by atoms with van der Waals surface area (Å²) in [5.41, 5.74) is -0.282.